The third-order valence-corrected chi connectivity index (χ3v) is 9.25. The summed E-state index contributed by atoms with van der Waals surface area (Å²) in [6.45, 7) is 9.67. The number of rotatable bonds is 14. The molecule has 0 aliphatic heterocycles. The van der Waals surface area contributed by atoms with Gasteiger partial charge in [-0.05, 0) is 61.1 Å². The highest BCUT2D eigenvalue weighted by Gasteiger charge is 2.32. The van der Waals surface area contributed by atoms with Crippen molar-refractivity contribution >= 4 is 27.7 Å². The van der Waals surface area contributed by atoms with E-state index in [4.69, 9.17) is 4.52 Å². The molecule has 46 heavy (non-hydrogen) atoms. The van der Waals surface area contributed by atoms with Crippen molar-refractivity contribution in [3.8, 4) is 11.1 Å². The summed E-state index contributed by atoms with van der Waals surface area (Å²) in [4.78, 5) is 28.7. The molecule has 1 aromatic heterocycles. The molecular weight excluding hydrogens is 607 g/mol. The summed E-state index contributed by atoms with van der Waals surface area (Å²) in [5.41, 5.74) is 3.89. The van der Waals surface area contributed by atoms with Crippen LogP contribution in [0.4, 0.5) is 10.3 Å². The molecule has 0 radical (unpaired) electrons. The van der Waals surface area contributed by atoms with Crippen LogP contribution in [-0.2, 0) is 32.7 Å². The third kappa shape index (κ3) is 8.39. The minimum Gasteiger partial charge on any atom is -0.350 e. The molecule has 0 saturated heterocycles. The first-order chi connectivity index (χ1) is 21.9. The molecule has 1 heterocycles. The summed E-state index contributed by atoms with van der Waals surface area (Å²) < 4.78 is 47.8. The SMILES string of the molecule is CCCCC(=O)N(Cc1ccc(-c2ccccc2S(=O)(=O)Nc2onc(C)c2C)cc1)C(C(=O)NCc1ccc(F)cc1)C(C)C. The maximum absolute atomic E-state index is 13.5. The van der Waals surface area contributed by atoms with E-state index in [1.54, 1.807) is 61.2 Å². The first-order valence-electron chi connectivity index (χ1n) is 15.4. The molecule has 0 saturated carbocycles. The van der Waals surface area contributed by atoms with Crippen LogP contribution < -0.4 is 10.0 Å². The van der Waals surface area contributed by atoms with Crippen LogP contribution in [0.5, 0.6) is 0 Å². The van der Waals surface area contributed by atoms with Gasteiger partial charge in [0.1, 0.15) is 11.9 Å². The van der Waals surface area contributed by atoms with E-state index in [1.165, 1.54) is 18.2 Å². The number of carbonyl (C=O) groups excluding carboxylic acids is 2. The van der Waals surface area contributed by atoms with Crippen molar-refractivity contribution in [1.29, 1.82) is 0 Å². The zero-order valence-electron chi connectivity index (χ0n) is 26.8. The average Bonchev–Trinajstić information content (AvgIpc) is 3.34. The Kier molecular flexibility index (Phi) is 11.3. The summed E-state index contributed by atoms with van der Waals surface area (Å²) in [7, 11) is -4.01. The van der Waals surface area contributed by atoms with E-state index in [9.17, 15) is 22.4 Å². The van der Waals surface area contributed by atoms with Crippen molar-refractivity contribution in [2.24, 2.45) is 5.92 Å². The number of hydrogen-bond donors (Lipinski definition) is 2. The van der Waals surface area contributed by atoms with Gasteiger partial charge < -0.3 is 14.7 Å². The van der Waals surface area contributed by atoms with Crippen molar-refractivity contribution < 1.29 is 26.9 Å². The van der Waals surface area contributed by atoms with Crippen LogP contribution in [0.2, 0.25) is 0 Å². The molecule has 4 aromatic rings. The second kappa shape index (κ2) is 15.2. The quantitative estimate of drug-likeness (QED) is 0.156. The van der Waals surface area contributed by atoms with Gasteiger partial charge in [-0.3, -0.25) is 9.59 Å². The number of benzene rings is 3. The molecule has 11 heteroatoms. The molecule has 1 atom stereocenters. The molecule has 0 fully saturated rings. The third-order valence-electron chi connectivity index (χ3n) is 7.86. The summed E-state index contributed by atoms with van der Waals surface area (Å²) in [6.07, 6.45) is 1.85. The largest absolute Gasteiger partial charge is 0.350 e. The Morgan fingerprint density at radius 2 is 1.61 bits per heavy atom. The first-order valence-corrected chi connectivity index (χ1v) is 16.8. The van der Waals surface area contributed by atoms with Gasteiger partial charge in [0.15, 0.2) is 0 Å². The average molecular weight is 649 g/mol. The molecule has 2 amide bonds. The van der Waals surface area contributed by atoms with E-state index in [1.807, 2.05) is 32.9 Å². The Morgan fingerprint density at radius 1 is 0.957 bits per heavy atom. The van der Waals surface area contributed by atoms with Crippen LogP contribution in [0.1, 0.15) is 62.4 Å². The van der Waals surface area contributed by atoms with Gasteiger partial charge in [-0.1, -0.05) is 86.9 Å². The lowest BCUT2D eigenvalue weighted by Gasteiger charge is -2.34. The molecule has 0 bridgehead atoms. The Labute approximate surface area is 270 Å². The lowest BCUT2D eigenvalue weighted by molar-refractivity contribution is -0.143. The maximum atomic E-state index is 13.5. The lowest BCUT2D eigenvalue weighted by atomic mass is 9.98. The maximum Gasteiger partial charge on any atom is 0.264 e. The van der Waals surface area contributed by atoms with E-state index in [0.29, 0.717) is 35.2 Å². The minimum absolute atomic E-state index is 0.0666. The number of aromatic nitrogens is 1. The highest BCUT2D eigenvalue weighted by atomic mass is 32.2. The van der Waals surface area contributed by atoms with Gasteiger partial charge in [0, 0.05) is 30.6 Å². The predicted octanol–water partition coefficient (Wildman–Crippen LogP) is 6.76. The fourth-order valence-electron chi connectivity index (χ4n) is 5.13. The molecule has 3 aromatic carbocycles. The Hall–Kier alpha value is -4.51. The smallest absolute Gasteiger partial charge is 0.264 e. The summed E-state index contributed by atoms with van der Waals surface area (Å²) >= 11 is 0. The van der Waals surface area contributed by atoms with Crippen molar-refractivity contribution in [2.75, 3.05) is 4.72 Å². The fourth-order valence-corrected chi connectivity index (χ4v) is 6.40. The fraction of sp³-hybridized carbons (Fsp3) is 0.343. The van der Waals surface area contributed by atoms with E-state index >= 15 is 0 Å². The number of unbranched alkanes of at least 4 members (excludes halogenated alkanes) is 1. The van der Waals surface area contributed by atoms with Gasteiger partial charge in [0.05, 0.1) is 10.6 Å². The number of nitrogens with one attached hydrogen (secondary N) is 2. The molecule has 0 aliphatic rings. The lowest BCUT2D eigenvalue weighted by Crippen LogP contribution is -2.51. The zero-order valence-corrected chi connectivity index (χ0v) is 27.7. The summed E-state index contributed by atoms with van der Waals surface area (Å²) in [5.74, 6) is -0.879. The number of aryl methyl sites for hydroxylation is 1. The monoisotopic (exact) mass is 648 g/mol. The van der Waals surface area contributed by atoms with Crippen molar-refractivity contribution in [3.63, 3.8) is 0 Å². The second-order valence-corrected chi connectivity index (χ2v) is 13.3. The minimum atomic E-state index is -4.01. The van der Waals surface area contributed by atoms with Crippen LogP contribution in [0.25, 0.3) is 11.1 Å². The van der Waals surface area contributed by atoms with Crippen LogP contribution >= 0.6 is 0 Å². The van der Waals surface area contributed by atoms with E-state index < -0.39 is 16.1 Å². The van der Waals surface area contributed by atoms with Crippen LogP contribution in [0.15, 0.2) is 82.2 Å². The summed E-state index contributed by atoms with van der Waals surface area (Å²) in [5, 5.41) is 6.75. The van der Waals surface area contributed by atoms with Crippen molar-refractivity contribution in [3.05, 3.63) is 101 Å². The number of halogens is 1. The zero-order chi connectivity index (χ0) is 33.4. The molecule has 4 rings (SSSR count). The number of sulfonamides is 1. The normalized spacial score (nSPS) is 12.2. The van der Waals surface area contributed by atoms with E-state index in [0.717, 1.165) is 17.5 Å². The molecule has 0 aliphatic carbocycles. The van der Waals surface area contributed by atoms with Gasteiger partial charge in [-0.25, -0.2) is 17.5 Å². The topological polar surface area (TPSA) is 122 Å². The van der Waals surface area contributed by atoms with Crippen LogP contribution in [0.3, 0.4) is 0 Å². The molecule has 9 nitrogen and oxygen atoms in total. The van der Waals surface area contributed by atoms with Gasteiger partial charge in [0.25, 0.3) is 10.0 Å². The summed E-state index contributed by atoms with van der Waals surface area (Å²) in [6, 6.07) is 19.1. The number of nitrogens with zero attached hydrogens (tertiary/aromatic N) is 2. The second-order valence-electron chi connectivity index (χ2n) is 11.7. The van der Waals surface area contributed by atoms with Gasteiger partial charge in [-0.15, -0.1) is 0 Å². The van der Waals surface area contributed by atoms with Crippen LogP contribution in [-0.4, -0.2) is 36.3 Å². The Morgan fingerprint density at radius 3 is 2.22 bits per heavy atom. The van der Waals surface area contributed by atoms with Crippen LogP contribution in [0, 0.1) is 25.6 Å². The first kappa shape index (κ1) is 34.4. The Balaban J connectivity index is 1.58. The standard InChI is InChI=1S/C35H41FN4O5S/c1-6-7-12-32(41)40(33(23(2)3)34(42)37-21-26-15-19-29(36)20-16-26)22-27-13-17-28(18-14-27)30-10-8-9-11-31(30)46(43,44)39-35-24(4)25(5)38-45-35/h8-11,13-20,23,33,39H,6-7,12,21-22H2,1-5H3,(H,37,42). The van der Waals surface area contributed by atoms with Gasteiger partial charge in [0.2, 0.25) is 17.7 Å². The number of anilines is 1. The van der Waals surface area contributed by atoms with Gasteiger partial charge >= 0.3 is 0 Å². The predicted molar refractivity (Wildman–Crippen MR) is 176 cm³/mol. The number of amides is 2. The highest BCUT2D eigenvalue weighted by molar-refractivity contribution is 7.92. The molecule has 2 N–H and O–H groups in total. The number of carbonyl (C=O) groups is 2. The van der Waals surface area contributed by atoms with Crippen molar-refractivity contribution in [2.45, 2.75) is 77.9 Å². The van der Waals surface area contributed by atoms with E-state index in [-0.39, 0.29) is 47.4 Å². The van der Waals surface area contributed by atoms with E-state index in [2.05, 4.69) is 15.2 Å². The molecule has 244 valence electrons. The Bertz CT molecular complexity index is 1750. The molecular formula is C35H41FN4O5S. The van der Waals surface area contributed by atoms with Gasteiger partial charge in [-0.2, -0.15) is 0 Å². The van der Waals surface area contributed by atoms with Crippen molar-refractivity contribution in [1.82, 2.24) is 15.4 Å². The number of hydrogen-bond acceptors (Lipinski definition) is 6. The molecule has 0 spiro atoms. The molecule has 1 unspecified atom stereocenters. The highest BCUT2D eigenvalue weighted by Crippen LogP contribution is 2.30.